The minimum atomic E-state index is 0.140. The summed E-state index contributed by atoms with van der Waals surface area (Å²) in [6.45, 7) is 6.04. The summed E-state index contributed by atoms with van der Waals surface area (Å²) in [6, 6.07) is 9.61. The molecular formula is C16H22O2. The van der Waals surface area contributed by atoms with Crippen LogP contribution in [-0.2, 0) is 4.79 Å². The summed E-state index contributed by atoms with van der Waals surface area (Å²) in [7, 11) is 0. The van der Waals surface area contributed by atoms with Gasteiger partial charge in [0, 0.05) is 12.3 Å². The van der Waals surface area contributed by atoms with Crippen molar-refractivity contribution in [3.63, 3.8) is 0 Å². The molecule has 1 atom stereocenters. The van der Waals surface area contributed by atoms with E-state index in [-0.39, 0.29) is 5.92 Å². The van der Waals surface area contributed by atoms with E-state index in [1.165, 1.54) is 0 Å². The Bertz CT molecular complexity index is 357. The van der Waals surface area contributed by atoms with E-state index in [2.05, 4.69) is 13.5 Å². The molecule has 0 aromatic heterocycles. The van der Waals surface area contributed by atoms with E-state index in [9.17, 15) is 4.79 Å². The van der Waals surface area contributed by atoms with Crippen molar-refractivity contribution in [2.75, 3.05) is 0 Å². The Balaban J connectivity index is 2.29. The van der Waals surface area contributed by atoms with Crippen molar-refractivity contribution in [1.29, 1.82) is 0 Å². The molecule has 18 heavy (non-hydrogen) atoms. The third kappa shape index (κ3) is 5.67. The number of carbonyl (C=O) groups excluding carboxylic acids is 1. The average molecular weight is 246 g/mol. The van der Waals surface area contributed by atoms with E-state index in [0.29, 0.717) is 0 Å². The first-order valence-corrected chi connectivity index (χ1v) is 6.62. The van der Waals surface area contributed by atoms with E-state index < -0.39 is 0 Å². The fourth-order valence-electron chi connectivity index (χ4n) is 1.80. The van der Waals surface area contributed by atoms with Gasteiger partial charge in [-0.05, 0) is 25.0 Å². The molecule has 0 N–H and O–H groups in total. The molecule has 0 aliphatic heterocycles. The molecule has 1 aromatic rings. The second kappa shape index (κ2) is 8.51. The third-order valence-electron chi connectivity index (χ3n) is 2.92. The molecule has 0 spiro atoms. The number of para-hydroxylation sites is 1. The lowest BCUT2D eigenvalue weighted by molar-refractivity contribution is -0.111. The lowest BCUT2D eigenvalue weighted by Crippen LogP contribution is -2.04. The number of rotatable bonds is 9. The predicted molar refractivity (Wildman–Crippen MR) is 74.5 cm³/mol. The minimum Gasteiger partial charge on any atom is -0.462 e. The molecular weight excluding hydrogens is 224 g/mol. The van der Waals surface area contributed by atoms with Gasteiger partial charge in [0.2, 0.25) is 0 Å². The first kappa shape index (κ1) is 14.5. The van der Waals surface area contributed by atoms with Gasteiger partial charge in [0.1, 0.15) is 12.0 Å². The van der Waals surface area contributed by atoms with Crippen LogP contribution in [-0.4, -0.2) is 6.29 Å². The maximum Gasteiger partial charge on any atom is 0.126 e. The summed E-state index contributed by atoms with van der Waals surface area (Å²) in [6.07, 6.45) is 5.84. The Morgan fingerprint density at radius 3 is 2.67 bits per heavy atom. The number of carbonyl (C=O) groups is 1. The number of ether oxygens (including phenoxy) is 1. The van der Waals surface area contributed by atoms with Crippen molar-refractivity contribution < 1.29 is 9.53 Å². The molecule has 0 heterocycles. The zero-order valence-corrected chi connectivity index (χ0v) is 11.1. The number of benzene rings is 1. The van der Waals surface area contributed by atoms with E-state index in [1.54, 1.807) is 0 Å². The third-order valence-corrected chi connectivity index (χ3v) is 2.92. The van der Waals surface area contributed by atoms with Gasteiger partial charge in [0.25, 0.3) is 0 Å². The first-order valence-electron chi connectivity index (χ1n) is 6.62. The van der Waals surface area contributed by atoms with Crippen molar-refractivity contribution in [3.05, 3.63) is 42.7 Å². The van der Waals surface area contributed by atoms with Crippen molar-refractivity contribution in [1.82, 2.24) is 0 Å². The van der Waals surface area contributed by atoms with Gasteiger partial charge in [0.05, 0.1) is 5.76 Å². The number of aldehydes is 1. The predicted octanol–water partition coefficient (Wildman–Crippen LogP) is 4.36. The molecule has 0 aliphatic carbocycles. The molecule has 1 unspecified atom stereocenters. The fraction of sp³-hybridized carbons (Fsp3) is 0.438. The Labute approximate surface area is 110 Å². The summed E-state index contributed by atoms with van der Waals surface area (Å²) < 4.78 is 5.60. The van der Waals surface area contributed by atoms with Gasteiger partial charge in [-0.15, -0.1) is 0 Å². The maximum atomic E-state index is 10.9. The summed E-state index contributed by atoms with van der Waals surface area (Å²) in [5.74, 6) is 1.67. The topological polar surface area (TPSA) is 26.3 Å². The molecule has 2 heteroatoms. The average Bonchev–Trinajstić information content (AvgIpc) is 2.40. The van der Waals surface area contributed by atoms with Crippen molar-refractivity contribution in [2.24, 2.45) is 5.92 Å². The summed E-state index contributed by atoms with van der Waals surface area (Å²) in [4.78, 5) is 10.9. The van der Waals surface area contributed by atoms with Gasteiger partial charge in [-0.25, -0.2) is 0 Å². The molecule has 0 aliphatic rings. The molecule has 0 saturated carbocycles. The lowest BCUT2D eigenvalue weighted by atomic mass is 9.98. The SMILES string of the molecule is C=C(CCC(C=O)CCCC)Oc1ccccc1. The van der Waals surface area contributed by atoms with Crippen LogP contribution in [0.15, 0.2) is 42.7 Å². The highest BCUT2D eigenvalue weighted by Gasteiger charge is 2.08. The maximum absolute atomic E-state index is 10.9. The summed E-state index contributed by atoms with van der Waals surface area (Å²) in [5, 5.41) is 0. The van der Waals surface area contributed by atoms with Gasteiger partial charge >= 0.3 is 0 Å². The van der Waals surface area contributed by atoms with E-state index in [1.807, 2.05) is 30.3 Å². The molecule has 0 saturated heterocycles. The number of unbranched alkanes of at least 4 members (excludes halogenated alkanes) is 1. The van der Waals surface area contributed by atoms with Gasteiger partial charge in [-0.1, -0.05) is 44.5 Å². The standard InChI is InChI=1S/C16H22O2/c1-3-4-8-15(13-17)12-11-14(2)18-16-9-6-5-7-10-16/h5-7,9-10,13,15H,2-4,8,11-12H2,1H3. The fourth-order valence-corrected chi connectivity index (χ4v) is 1.80. The molecule has 0 radical (unpaired) electrons. The monoisotopic (exact) mass is 246 g/mol. The van der Waals surface area contributed by atoms with Crippen LogP contribution < -0.4 is 4.74 Å². The smallest absolute Gasteiger partial charge is 0.126 e. The van der Waals surface area contributed by atoms with Crippen LogP contribution in [0.4, 0.5) is 0 Å². The molecule has 98 valence electrons. The number of hydrogen-bond acceptors (Lipinski definition) is 2. The van der Waals surface area contributed by atoms with Crippen LogP contribution in [0.2, 0.25) is 0 Å². The van der Waals surface area contributed by atoms with Crippen LogP contribution in [0, 0.1) is 5.92 Å². The molecule has 1 aromatic carbocycles. The zero-order valence-electron chi connectivity index (χ0n) is 11.1. The van der Waals surface area contributed by atoms with Gasteiger partial charge in [-0.3, -0.25) is 0 Å². The quantitative estimate of drug-likeness (QED) is 0.478. The second-order valence-electron chi connectivity index (χ2n) is 4.53. The van der Waals surface area contributed by atoms with E-state index in [4.69, 9.17) is 4.74 Å². The number of hydrogen-bond donors (Lipinski definition) is 0. The Hall–Kier alpha value is -1.57. The molecule has 2 nitrogen and oxygen atoms in total. The molecule has 0 fully saturated rings. The highest BCUT2D eigenvalue weighted by molar-refractivity contribution is 5.53. The zero-order chi connectivity index (χ0) is 13.2. The van der Waals surface area contributed by atoms with E-state index >= 15 is 0 Å². The largest absolute Gasteiger partial charge is 0.462 e. The van der Waals surface area contributed by atoms with Crippen LogP contribution in [0.3, 0.4) is 0 Å². The number of allylic oxidation sites excluding steroid dienone is 1. The minimum absolute atomic E-state index is 0.140. The Morgan fingerprint density at radius 1 is 1.33 bits per heavy atom. The van der Waals surface area contributed by atoms with Crippen molar-refractivity contribution >= 4 is 6.29 Å². The van der Waals surface area contributed by atoms with Crippen molar-refractivity contribution in [2.45, 2.75) is 39.0 Å². The van der Waals surface area contributed by atoms with Crippen LogP contribution in [0.5, 0.6) is 5.75 Å². The van der Waals surface area contributed by atoms with Crippen molar-refractivity contribution in [3.8, 4) is 5.75 Å². The highest BCUT2D eigenvalue weighted by atomic mass is 16.5. The Kier molecular flexibility index (Phi) is 6.85. The van der Waals surface area contributed by atoms with Crippen LogP contribution in [0.25, 0.3) is 0 Å². The van der Waals surface area contributed by atoms with Crippen LogP contribution in [0.1, 0.15) is 39.0 Å². The molecule has 1 rings (SSSR count). The Morgan fingerprint density at radius 2 is 2.06 bits per heavy atom. The lowest BCUT2D eigenvalue weighted by Gasteiger charge is -2.12. The first-order chi connectivity index (χ1) is 8.76. The molecule has 0 bridgehead atoms. The highest BCUT2D eigenvalue weighted by Crippen LogP contribution is 2.18. The van der Waals surface area contributed by atoms with Gasteiger partial charge in [0.15, 0.2) is 0 Å². The molecule has 0 amide bonds. The van der Waals surface area contributed by atoms with Crippen LogP contribution >= 0.6 is 0 Å². The summed E-state index contributed by atoms with van der Waals surface area (Å²) in [5.41, 5.74) is 0. The van der Waals surface area contributed by atoms with Gasteiger partial charge < -0.3 is 9.53 Å². The van der Waals surface area contributed by atoms with E-state index in [0.717, 1.165) is 49.9 Å². The second-order valence-corrected chi connectivity index (χ2v) is 4.53. The van der Waals surface area contributed by atoms with Gasteiger partial charge in [-0.2, -0.15) is 0 Å². The normalized spacial score (nSPS) is 11.8. The summed E-state index contributed by atoms with van der Waals surface area (Å²) >= 11 is 0.